The highest BCUT2D eigenvalue weighted by Gasteiger charge is 2.36. The Bertz CT molecular complexity index is 1200. The van der Waals surface area contributed by atoms with Crippen molar-refractivity contribution >= 4 is 31.9 Å². The Morgan fingerprint density at radius 2 is 1.27 bits per heavy atom. The maximum Gasteiger partial charge on any atom is 0.307 e. The summed E-state index contributed by atoms with van der Waals surface area (Å²) < 4.78 is 36.8. The molecule has 2 heterocycles. The third-order valence-corrected chi connectivity index (χ3v) is 8.75. The van der Waals surface area contributed by atoms with Crippen LogP contribution in [0.15, 0.2) is 27.7 Å². The number of nitrogens with zero attached hydrogens (tertiary/aromatic N) is 2. The normalized spacial score (nSPS) is 14.0. The zero-order valence-electron chi connectivity index (χ0n) is 30.2. The number of aromatic nitrogens is 2. The summed E-state index contributed by atoms with van der Waals surface area (Å²) in [6.07, 6.45) is 18.9. The van der Waals surface area contributed by atoms with Crippen molar-refractivity contribution < 1.29 is 56.5 Å². The predicted octanol–water partition coefficient (Wildman–Crippen LogP) is 7.59. The van der Waals surface area contributed by atoms with Gasteiger partial charge in [0.1, 0.15) is 24.2 Å². The highest BCUT2D eigenvalue weighted by atomic mass is 16.6. The fraction of sp³-hybridized carbons (Fsp3) is 0.703. The molecule has 14 nitrogen and oxygen atoms in total. The van der Waals surface area contributed by atoms with E-state index in [1.165, 1.54) is 109 Å². The van der Waals surface area contributed by atoms with Crippen LogP contribution >= 0.6 is 0 Å². The van der Waals surface area contributed by atoms with E-state index in [1.54, 1.807) is 0 Å². The minimum atomic E-state index is -1.24. The summed E-state index contributed by atoms with van der Waals surface area (Å²) in [5.74, 6) is -0.396. The second-order valence-electron chi connectivity index (χ2n) is 12.7. The molecule has 0 saturated carbocycles. The maximum absolute atomic E-state index is 12.8. The molecule has 0 aromatic carbocycles. The average molecular weight is 721 g/mol. The molecule has 2 aromatic rings. The summed E-state index contributed by atoms with van der Waals surface area (Å²) in [7, 11) is 0. The molecule has 0 N–H and O–H groups in total. The van der Waals surface area contributed by atoms with Crippen molar-refractivity contribution in [3.63, 3.8) is 0 Å². The van der Waals surface area contributed by atoms with Gasteiger partial charge in [-0.25, -0.2) is 9.97 Å². The number of oxazole rings is 2. The highest BCUT2D eigenvalue weighted by molar-refractivity contribution is 5.69. The lowest BCUT2D eigenvalue weighted by molar-refractivity contribution is -0.170. The van der Waals surface area contributed by atoms with Gasteiger partial charge in [-0.1, -0.05) is 110 Å². The van der Waals surface area contributed by atoms with Crippen LogP contribution in [0.3, 0.4) is 0 Å². The van der Waals surface area contributed by atoms with Gasteiger partial charge >= 0.3 is 5.97 Å². The van der Waals surface area contributed by atoms with E-state index in [2.05, 4.69) is 16.9 Å². The van der Waals surface area contributed by atoms with Crippen molar-refractivity contribution in [1.82, 2.24) is 9.97 Å². The van der Waals surface area contributed by atoms with Gasteiger partial charge in [0.05, 0.1) is 6.20 Å². The van der Waals surface area contributed by atoms with Gasteiger partial charge < -0.3 is 32.5 Å². The first-order chi connectivity index (χ1) is 25.0. The van der Waals surface area contributed by atoms with Gasteiger partial charge in [-0.2, -0.15) is 0 Å². The van der Waals surface area contributed by atoms with Gasteiger partial charge in [-0.05, 0) is 13.3 Å². The van der Waals surface area contributed by atoms with Crippen LogP contribution in [0.2, 0.25) is 0 Å². The fourth-order valence-electron chi connectivity index (χ4n) is 5.93. The second kappa shape index (κ2) is 27.5. The van der Waals surface area contributed by atoms with Crippen molar-refractivity contribution in [1.29, 1.82) is 0 Å². The smallest absolute Gasteiger partial charge is 0.307 e. The van der Waals surface area contributed by atoms with Crippen LogP contribution in [0.4, 0.5) is 0 Å². The van der Waals surface area contributed by atoms with Gasteiger partial charge in [-0.3, -0.25) is 24.0 Å². The average Bonchev–Trinajstić information content (AvgIpc) is 3.84. The predicted molar refractivity (Wildman–Crippen MR) is 183 cm³/mol. The van der Waals surface area contributed by atoms with Crippen LogP contribution in [-0.2, 0) is 47.7 Å². The summed E-state index contributed by atoms with van der Waals surface area (Å²) in [5.41, 5.74) is 0.0686. The van der Waals surface area contributed by atoms with Gasteiger partial charge in [-0.15, -0.1) is 0 Å². The van der Waals surface area contributed by atoms with Crippen LogP contribution < -0.4 is 0 Å². The number of carbonyl (C=O) groups excluding carboxylic acids is 5. The molecule has 286 valence electrons. The zero-order valence-corrected chi connectivity index (χ0v) is 30.2. The van der Waals surface area contributed by atoms with Gasteiger partial charge in [0, 0.05) is 12.8 Å². The molecule has 0 amide bonds. The van der Waals surface area contributed by atoms with E-state index in [1.807, 2.05) is 0 Å². The Kier molecular flexibility index (Phi) is 23.1. The van der Waals surface area contributed by atoms with Gasteiger partial charge in [0.25, 0.3) is 25.9 Å². The summed E-state index contributed by atoms with van der Waals surface area (Å²) in [5, 5.41) is 0. The van der Waals surface area contributed by atoms with Crippen LogP contribution in [0.5, 0.6) is 0 Å². The van der Waals surface area contributed by atoms with Crippen molar-refractivity contribution in [3.05, 3.63) is 36.2 Å². The van der Waals surface area contributed by atoms with E-state index in [0.717, 1.165) is 19.3 Å². The Morgan fingerprint density at radius 3 is 1.78 bits per heavy atom. The van der Waals surface area contributed by atoms with Gasteiger partial charge in [0.15, 0.2) is 24.4 Å². The molecule has 2 aromatic heterocycles. The van der Waals surface area contributed by atoms with E-state index in [-0.39, 0.29) is 56.1 Å². The second-order valence-corrected chi connectivity index (χ2v) is 12.7. The zero-order chi connectivity index (χ0) is 36.9. The topological polar surface area (TPSA) is 184 Å². The number of unbranched alkanes of at least 4 members (excludes halogenated alkanes) is 16. The summed E-state index contributed by atoms with van der Waals surface area (Å²) >= 11 is 0. The lowest BCUT2D eigenvalue weighted by atomic mass is 10.0. The molecule has 5 atom stereocenters. The fourth-order valence-corrected chi connectivity index (χ4v) is 5.93. The first kappa shape index (κ1) is 42.9. The molecule has 2 rings (SSSR count). The molecule has 0 saturated heterocycles. The molecular formula is C37H56N2O12. The molecule has 0 radical (unpaired) electrons. The third-order valence-electron chi connectivity index (χ3n) is 8.75. The molecule has 0 bridgehead atoms. The summed E-state index contributed by atoms with van der Waals surface area (Å²) in [4.78, 5) is 65.7. The van der Waals surface area contributed by atoms with Crippen molar-refractivity contribution in [2.24, 2.45) is 0 Å². The van der Waals surface area contributed by atoms with E-state index in [0.29, 0.717) is 6.42 Å². The monoisotopic (exact) mass is 720 g/mol. The summed E-state index contributed by atoms with van der Waals surface area (Å²) in [6.45, 7) is 4.21. The molecular weight excluding hydrogens is 664 g/mol. The lowest BCUT2D eigenvalue weighted by Crippen LogP contribution is -2.42. The third kappa shape index (κ3) is 17.5. The molecule has 0 fully saturated rings. The SMILES string of the molecule is CCCCCCCCCCCCCCCCCCCC(=O)OC(c1cnco1)c1nc(C(CC(OC=O)C(OC=O)C(C)OC=O)OC=O)co1. The molecule has 0 aliphatic heterocycles. The van der Waals surface area contributed by atoms with E-state index in [4.69, 9.17) is 32.5 Å². The quantitative estimate of drug-likeness (QED) is 0.0298. The number of rotatable bonds is 34. The van der Waals surface area contributed by atoms with Crippen molar-refractivity contribution in [2.45, 2.75) is 166 Å². The first-order valence-corrected chi connectivity index (χ1v) is 18.4. The lowest BCUT2D eigenvalue weighted by Gasteiger charge is -2.29. The van der Waals surface area contributed by atoms with Crippen molar-refractivity contribution in [3.8, 4) is 0 Å². The Morgan fingerprint density at radius 1 is 0.725 bits per heavy atom. The van der Waals surface area contributed by atoms with E-state index >= 15 is 0 Å². The van der Waals surface area contributed by atoms with E-state index in [9.17, 15) is 24.0 Å². The number of esters is 1. The maximum atomic E-state index is 12.8. The molecule has 14 heteroatoms. The van der Waals surface area contributed by atoms with Crippen LogP contribution in [0, 0.1) is 0 Å². The van der Waals surface area contributed by atoms with Gasteiger partial charge in [0.2, 0.25) is 12.0 Å². The standard InChI is InChI=1S/C37H56N2O12/c1-3-4-5-6-7-8-9-10-11-12-13-14-15-16-17-18-19-20-34(44)51-36(33-22-38-24-46-33)37-39-30(23-45-37)31(48-26-41)21-32(49-27-42)35(50-28-43)29(2)47-25-40/h22-29,31-32,35-36H,3-21H2,1-2H3. The van der Waals surface area contributed by atoms with Crippen LogP contribution in [0.1, 0.15) is 165 Å². The Balaban J connectivity index is 1.82. The molecule has 51 heavy (non-hydrogen) atoms. The number of carbonyl (C=O) groups is 5. The van der Waals surface area contributed by atoms with Crippen LogP contribution in [-0.4, -0.2) is 60.1 Å². The first-order valence-electron chi connectivity index (χ1n) is 18.4. The highest BCUT2D eigenvalue weighted by Crippen LogP contribution is 2.31. The summed E-state index contributed by atoms with van der Waals surface area (Å²) in [6, 6.07) is 0. The molecule has 0 spiro atoms. The van der Waals surface area contributed by atoms with E-state index < -0.39 is 36.5 Å². The van der Waals surface area contributed by atoms with Crippen LogP contribution in [0.25, 0.3) is 0 Å². The molecule has 0 aliphatic rings. The molecule has 5 unspecified atom stereocenters. The molecule has 0 aliphatic carbocycles. The number of hydrogen-bond donors (Lipinski definition) is 0. The number of hydrogen-bond acceptors (Lipinski definition) is 14. The minimum Gasteiger partial charge on any atom is -0.461 e. The number of ether oxygens (including phenoxy) is 5. The minimum absolute atomic E-state index is 0.0686. The Hall–Kier alpha value is -4.23. The van der Waals surface area contributed by atoms with Crippen molar-refractivity contribution in [2.75, 3.05) is 0 Å². The Labute approximate surface area is 300 Å². The largest absolute Gasteiger partial charge is 0.461 e.